The predicted molar refractivity (Wildman–Crippen MR) is 74.0 cm³/mol. The van der Waals surface area contributed by atoms with Gasteiger partial charge in [0.2, 0.25) is 15.9 Å². The van der Waals surface area contributed by atoms with Gasteiger partial charge in [-0.05, 0) is 31.0 Å². The zero-order valence-corrected chi connectivity index (χ0v) is 11.8. The van der Waals surface area contributed by atoms with E-state index in [1.807, 2.05) is 6.92 Å². The highest BCUT2D eigenvalue weighted by atomic mass is 32.2. The van der Waals surface area contributed by atoms with Crippen LogP contribution in [0.2, 0.25) is 0 Å². The number of carbonyl (C=O) groups is 1. The molecule has 0 saturated carbocycles. The molecule has 0 aliphatic rings. The van der Waals surface area contributed by atoms with Gasteiger partial charge in [0, 0.05) is 12.2 Å². The third-order valence-electron chi connectivity index (χ3n) is 2.91. The molecule has 0 saturated heterocycles. The Bertz CT molecular complexity index is 566. The number of carbonyl (C=O) groups excluding carboxylic acids is 1. The average Bonchev–Trinajstić information content (AvgIpc) is 2.31. The first-order chi connectivity index (χ1) is 8.79. The third-order valence-corrected chi connectivity index (χ3v) is 3.96. The molecule has 1 aromatic rings. The lowest BCUT2D eigenvalue weighted by Gasteiger charge is -2.13. The second kappa shape index (κ2) is 6.14. The van der Waals surface area contributed by atoms with Crippen LogP contribution >= 0.6 is 0 Å². The lowest BCUT2D eigenvalue weighted by molar-refractivity contribution is -0.119. The maximum atomic E-state index is 11.8. The molecule has 1 atom stereocenters. The van der Waals surface area contributed by atoms with Gasteiger partial charge in [-0.15, -0.1) is 0 Å². The van der Waals surface area contributed by atoms with Crippen LogP contribution in [0.15, 0.2) is 23.1 Å². The second-order valence-corrected chi connectivity index (χ2v) is 5.89. The highest BCUT2D eigenvalue weighted by Crippen LogP contribution is 2.19. The molecule has 5 N–H and O–H groups in total. The number of primary sulfonamides is 1. The lowest BCUT2D eigenvalue weighted by atomic mass is 10.1. The molecule has 1 rings (SSSR count). The minimum atomic E-state index is -3.80. The number of rotatable bonds is 5. The molecule has 6 nitrogen and oxygen atoms in total. The molecule has 19 heavy (non-hydrogen) atoms. The van der Waals surface area contributed by atoms with Crippen LogP contribution in [-0.4, -0.2) is 20.9 Å². The Kier molecular flexibility index (Phi) is 5.04. The molecule has 0 heterocycles. The Morgan fingerprint density at radius 1 is 1.42 bits per heavy atom. The fourth-order valence-corrected chi connectivity index (χ4v) is 2.50. The Labute approximate surface area is 113 Å². The first-order valence-corrected chi connectivity index (χ1v) is 7.48. The van der Waals surface area contributed by atoms with E-state index in [1.165, 1.54) is 6.07 Å². The lowest BCUT2D eigenvalue weighted by Crippen LogP contribution is -2.28. The van der Waals surface area contributed by atoms with Gasteiger partial charge in [0.25, 0.3) is 0 Å². The van der Waals surface area contributed by atoms with Crippen LogP contribution in [0.4, 0.5) is 5.69 Å². The van der Waals surface area contributed by atoms with Crippen LogP contribution < -0.4 is 16.2 Å². The van der Waals surface area contributed by atoms with Crippen molar-refractivity contribution < 1.29 is 13.2 Å². The van der Waals surface area contributed by atoms with E-state index >= 15 is 0 Å². The molecule has 0 spiro atoms. The molecular formula is C12H19N3O3S. The van der Waals surface area contributed by atoms with Crippen LogP contribution in [0.1, 0.15) is 18.9 Å². The van der Waals surface area contributed by atoms with Gasteiger partial charge in [-0.25, -0.2) is 13.6 Å². The molecule has 7 heteroatoms. The van der Waals surface area contributed by atoms with E-state index in [-0.39, 0.29) is 23.3 Å². The number of nitrogens with one attached hydrogen (secondary N) is 1. The summed E-state index contributed by atoms with van der Waals surface area (Å²) in [6.45, 7) is 3.75. The van der Waals surface area contributed by atoms with Gasteiger partial charge >= 0.3 is 0 Å². The molecule has 0 fully saturated rings. The second-order valence-electron chi connectivity index (χ2n) is 4.36. The molecular weight excluding hydrogens is 266 g/mol. The Balaban J connectivity index is 3.01. The standard InChI is InChI=1S/C12H19N3O3S/c1-3-9(7-13)12(16)15-10-5-4-8(2)11(6-10)19(14,17)18/h4-6,9H,3,7,13H2,1-2H3,(H,15,16)(H2,14,17,18). The molecule has 0 aliphatic carbocycles. The number of hydrogen-bond donors (Lipinski definition) is 3. The van der Waals surface area contributed by atoms with Crippen LogP contribution in [0, 0.1) is 12.8 Å². The van der Waals surface area contributed by atoms with Crippen LogP contribution in [0.5, 0.6) is 0 Å². The number of anilines is 1. The summed E-state index contributed by atoms with van der Waals surface area (Å²) < 4.78 is 22.8. The molecule has 0 bridgehead atoms. The normalized spacial score (nSPS) is 13.1. The zero-order valence-electron chi connectivity index (χ0n) is 11.0. The minimum absolute atomic E-state index is 0.00565. The van der Waals surface area contributed by atoms with E-state index in [2.05, 4.69) is 5.32 Å². The Morgan fingerprint density at radius 2 is 2.05 bits per heavy atom. The van der Waals surface area contributed by atoms with Crippen molar-refractivity contribution in [1.82, 2.24) is 0 Å². The minimum Gasteiger partial charge on any atom is -0.330 e. The van der Waals surface area contributed by atoms with Crippen molar-refractivity contribution in [2.45, 2.75) is 25.2 Å². The van der Waals surface area contributed by atoms with Gasteiger partial charge in [-0.2, -0.15) is 0 Å². The van der Waals surface area contributed by atoms with Crippen molar-refractivity contribution in [2.75, 3.05) is 11.9 Å². The van der Waals surface area contributed by atoms with Gasteiger partial charge in [0.1, 0.15) is 0 Å². The SMILES string of the molecule is CCC(CN)C(=O)Nc1ccc(C)c(S(N)(=O)=O)c1. The van der Waals surface area contributed by atoms with Crippen LogP contribution in [0.3, 0.4) is 0 Å². The average molecular weight is 285 g/mol. The molecule has 106 valence electrons. The summed E-state index contributed by atoms with van der Waals surface area (Å²) in [7, 11) is -3.80. The van der Waals surface area contributed by atoms with E-state index in [4.69, 9.17) is 10.9 Å². The zero-order chi connectivity index (χ0) is 14.6. The fourth-order valence-electron chi connectivity index (χ4n) is 1.69. The molecule has 0 aliphatic heterocycles. The Morgan fingerprint density at radius 3 is 2.53 bits per heavy atom. The summed E-state index contributed by atoms with van der Waals surface area (Å²) in [5.41, 5.74) is 6.41. The van der Waals surface area contributed by atoms with Crippen LogP contribution in [0.25, 0.3) is 0 Å². The number of hydrogen-bond acceptors (Lipinski definition) is 4. The van der Waals surface area contributed by atoms with Crippen LogP contribution in [-0.2, 0) is 14.8 Å². The van der Waals surface area contributed by atoms with Crippen molar-refractivity contribution in [1.29, 1.82) is 0 Å². The maximum Gasteiger partial charge on any atom is 0.238 e. The summed E-state index contributed by atoms with van der Waals surface area (Å²) in [5.74, 6) is -0.520. The smallest absolute Gasteiger partial charge is 0.238 e. The topological polar surface area (TPSA) is 115 Å². The monoisotopic (exact) mass is 285 g/mol. The molecule has 1 amide bonds. The van der Waals surface area contributed by atoms with Gasteiger partial charge in [-0.3, -0.25) is 4.79 Å². The van der Waals surface area contributed by atoms with E-state index in [9.17, 15) is 13.2 Å². The Hall–Kier alpha value is -1.44. The highest BCUT2D eigenvalue weighted by molar-refractivity contribution is 7.89. The molecule has 1 aromatic carbocycles. The third kappa shape index (κ3) is 4.02. The van der Waals surface area contributed by atoms with Crippen molar-refractivity contribution in [3.05, 3.63) is 23.8 Å². The first kappa shape index (κ1) is 15.6. The van der Waals surface area contributed by atoms with Gasteiger partial charge in [0.15, 0.2) is 0 Å². The summed E-state index contributed by atoms with van der Waals surface area (Å²) in [6, 6.07) is 4.58. The van der Waals surface area contributed by atoms with E-state index < -0.39 is 10.0 Å². The van der Waals surface area contributed by atoms with Crippen molar-refractivity contribution >= 4 is 21.6 Å². The van der Waals surface area contributed by atoms with E-state index in [1.54, 1.807) is 19.1 Å². The fraction of sp³-hybridized carbons (Fsp3) is 0.417. The number of benzene rings is 1. The largest absolute Gasteiger partial charge is 0.330 e. The number of nitrogens with two attached hydrogens (primary N) is 2. The molecule has 0 aromatic heterocycles. The maximum absolute atomic E-state index is 11.8. The number of sulfonamides is 1. The summed E-state index contributed by atoms with van der Waals surface area (Å²) in [6.07, 6.45) is 0.621. The first-order valence-electron chi connectivity index (χ1n) is 5.94. The number of amides is 1. The summed E-state index contributed by atoms with van der Waals surface area (Å²) in [4.78, 5) is 11.9. The highest BCUT2D eigenvalue weighted by Gasteiger charge is 2.16. The quantitative estimate of drug-likeness (QED) is 0.733. The molecule has 1 unspecified atom stereocenters. The number of aryl methyl sites for hydroxylation is 1. The summed E-state index contributed by atoms with van der Waals surface area (Å²) >= 11 is 0. The predicted octanol–water partition coefficient (Wildman–Crippen LogP) is 0.566. The van der Waals surface area contributed by atoms with Gasteiger partial charge < -0.3 is 11.1 Å². The van der Waals surface area contributed by atoms with Crippen molar-refractivity contribution in [2.24, 2.45) is 16.8 Å². The van der Waals surface area contributed by atoms with E-state index in [0.29, 0.717) is 17.7 Å². The van der Waals surface area contributed by atoms with Crippen molar-refractivity contribution in [3.8, 4) is 0 Å². The van der Waals surface area contributed by atoms with Gasteiger partial charge in [0.05, 0.1) is 10.8 Å². The van der Waals surface area contributed by atoms with Crippen molar-refractivity contribution in [3.63, 3.8) is 0 Å². The van der Waals surface area contributed by atoms with Gasteiger partial charge in [-0.1, -0.05) is 13.0 Å². The molecule has 0 radical (unpaired) electrons. The summed E-state index contributed by atoms with van der Waals surface area (Å²) in [5, 5.41) is 7.75. The van der Waals surface area contributed by atoms with E-state index in [0.717, 1.165) is 0 Å².